The van der Waals surface area contributed by atoms with Crippen molar-refractivity contribution in [3.63, 3.8) is 0 Å². The summed E-state index contributed by atoms with van der Waals surface area (Å²) in [5, 5.41) is 13.4. The predicted octanol–water partition coefficient (Wildman–Crippen LogP) is 5.58. The average molecular weight is 295 g/mol. The van der Waals surface area contributed by atoms with Gasteiger partial charge in [-0.25, -0.2) is 0 Å². The van der Waals surface area contributed by atoms with Crippen LogP contribution in [-0.4, -0.2) is 5.11 Å². The number of hydrogen-bond acceptors (Lipinski definition) is 2. The molecule has 0 bridgehead atoms. The topological polar surface area (TPSA) is 20.2 Å². The number of halogens is 2. The number of phenols is 1. The lowest BCUT2D eigenvalue weighted by Crippen LogP contribution is -1.77. The van der Waals surface area contributed by atoms with Gasteiger partial charge in [0.05, 0.1) is 9.72 Å². The standard InChI is InChI=1S/C14H8Cl2OS/c15-12-11(17)6-9-10(7-18-14(9)13(12)16)8-4-2-1-3-5-8/h1-7,17H. The molecule has 0 saturated carbocycles. The zero-order valence-corrected chi connectivity index (χ0v) is 11.5. The van der Waals surface area contributed by atoms with E-state index in [1.165, 1.54) is 11.3 Å². The maximum Gasteiger partial charge on any atom is 0.136 e. The maximum absolute atomic E-state index is 9.78. The Morgan fingerprint density at radius 1 is 1.00 bits per heavy atom. The monoisotopic (exact) mass is 294 g/mol. The maximum atomic E-state index is 9.78. The van der Waals surface area contributed by atoms with E-state index in [0.717, 1.165) is 21.2 Å². The highest BCUT2D eigenvalue weighted by atomic mass is 35.5. The van der Waals surface area contributed by atoms with Gasteiger partial charge >= 0.3 is 0 Å². The molecule has 1 heterocycles. The second-order valence-electron chi connectivity index (χ2n) is 3.92. The molecule has 0 aliphatic heterocycles. The SMILES string of the molecule is Oc1cc2c(-c3ccccc3)csc2c(Cl)c1Cl. The van der Waals surface area contributed by atoms with Crippen LogP contribution in [0.4, 0.5) is 0 Å². The van der Waals surface area contributed by atoms with Crippen molar-refractivity contribution in [1.29, 1.82) is 0 Å². The molecule has 3 aromatic rings. The van der Waals surface area contributed by atoms with Crippen LogP contribution in [0.15, 0.2) is 41.8 Å². The van der Waals surface area contributed by atoms with Crippen molar-refractivity contribution in [2.45, 2.75) is 0 Å². The summed E-state index contributed by atoms with van der Waals surface area (Å²) < 4.78 is 0.901. The van der Waals surface area contributed by atoms with Crippen molar-refractivity contribution >= 4 is 44.6 Å². The summed E-state index contributed by atoms with van der Waals surface area (Å²) in [4.78, 5) is 0. The number of phenolic OH excluding ortho intramolecular Hbond substituents is 1. The minimum absolute atomic E-state index is 0.0183. The average Bonchev–Trinajstić information content (AvgIpc) is 2.81. The first-order valence-corrected chi connectivity index (χ1v) is 6.95. The van der Waals surface area contributed by atoms with Crippen LogP contribution in [0.1, 0.15) is 0 Å². The first-order valence-electron chi connectivity index (χ1n) is 5.32. The highest BCUT2D eigenvalue weighted by Crippen LogP contribution is 2.44. The van der Waals surface area contributed by atoms with E-state index in [1.807, 2.05) is 35.7 Å². The fourth-order valence-corrected chi connectivity index (χ4v) is 3.47. The van der Waals surface area contributed by atoms with E-state index in [1.54, 1.807) is 6.07 Å². The fraction of sp³-hybridized carbons (Fsp3) is 0. The highest BCUT2D eigenvalue weighted by molar-refractivity contribution is 7.18. The predicted molar refractivity (Wildman–Crippen MR) is 78.9 cm³/mol. The lowest BCUT2D eigenvalue weighted by molar-refractivity contribution is 0.476. The summed E-state index contributed by atoms with van der Waals surface area (Å²) in [6.07, 6.45) is 0. The molecule has 0 atom stereocenters. The summed E-state index contributed by atoms with van der Waals surface area (Å²) in [5.41, 5.74) is 2.16. The number of aromatic hydroxyl groups is 1. The second-order valence-corrected chi connectivity index (χ2v) is 5.55. The Balaban J connectivity index is 2.34. The van der Waals surface area contributed by atoms with Crippen molar-refractivity contribution in [2.24, 2.45) is 0 Å². The summed E-state index contributed by atoms with van der Waals surface area (Å²) >= 11 is 13.6. The molecule has 2 aromatic carbocycles. The lowest BCUT2D eigenvalue weighted by atomic mass is 10.0. The van der Waals surface area contributed by atoms with Crippen molar-refractivity contribution in [2.75, 3.05) is 0 Å². The molecule has 0 amide bonds. The molecule has 0 saturated heterocycles. The van der Waals surface area contributed by atoms with E-state index in [2.05, 4.69) is 0 Å². The van der Waals surface area contributed by atoms with Gasteiger partial charge in [-0.3, -0.25) is 0 Å². The Kier molecular flexibility index (Phi) is 2.94. The molecule has 0 fully saturated rings. The highest BCUT2D eigenvalue weighted by Gasteiger charge is 2.14. The smallest absolute Gasteiger partial charge is 0.136 e. The second kappa shape index (κ2) is 4.47. The molecule has 0 aliphatic carbocycles. The summed E-state index contributed by atoms with van der Waals surface area (Å²) in [6.45, 7) is 0. The number of benzene rings is 2. The molecular formula is C14H8Cl2OS. The minimum Gasteiger partial charge on any atom is -0.506 e. The third-order valence-electron chi connectivity index (χ3n) is 2.81. The Hall–Kier alpha value is -1.22. The fourth-order valence-electron chi connectivity index (χ4n) is 1.93. The van der Waals surface area contributed by atoms with E-state index in [0.29, 0.717) is 5.02 Å². The summed E-state index contributed by atoms with van der Waals surface area (Å²) in [7, 11) is 0. The van der Waals surface area contributed by atoms with Crippen molar-refractivity contribution in [3.05, 3.63) is 51.8 Å². The molecule has 0 unspecified atom stereocenters. The van der Waals surface area contributed by atoms with Gasteiger partial charge in [-0.2, -0.15) is 0 Å². The first-order chi connectivity index (χ1) is 8.68. The molecule has 1 nitrogen and oxygen atoms in total. The zero-order valence-electron chi connectivity index (χ0n) is 9.15. The van der Waals surface area contributed by atoms with E-state index >= 15 is 0 Å². The zero-order chi connectivity index (χ0) is 12.7. The number of hydrogen-bond donors (Lipinski definition) is 1. The Morgan fingerprint density at radius 2 is 1.72 bits per heavy atom. The quantitative estimate of drug-likeness (QED) is 0.621. The largest absolute Gasteiger partial charge is 0.506 e. The van der Waals surface area contributed by atoms with Gasteiger partial charge in [0.1, 0.15) is 10.8 Å². The van der Waals surface area contributed by atoms with Gasteiger partial charge in [0, 0.05) is 10.9 Å². The normalized spacial score (nSPS) is 11.0. The number of thiophene rings is 1. The molecule has 90 valence electrons. The Bertz CT molecular complexity index is 719. The molecular weight excluding hydrogens is 287 g/mol. The number of rotatable bonds is 1. The van der Waals surface area contributed by atoms with E-state index in [9.17, 15) is 5.11 Å². The molecule has 1 N–H and O–H groups in total. The van der Waals surface area contributed by atoms with Gasteiger partial charge < -0.3 is 5.11 Å². The minimum atomic E-state index is 0.0183. The number of fused-ring (bicyclic) bond motifs is 1. The van der Waals surface area contributed by atoms with Crippen LogP contribution in [0.25, 0.3) is 21.2 Å². The molecule has 0 radical (unpaired) electrons. The van der Waals surface area contributed by atoms with Gasteiger partial charge in [-0.1, -0.05) is 53.5 Å². The molecule has 4 heteroatoms. The van der Waals surface area contributed by atoms with E-state index < -0.39 is 0 Å². The van der Waals surface area contributed by atoms with Crippen LogP contribution in [-0.2, 0) is 0 Å². The summed E-state index contributed by atoms with van der Waals surface area (Å²) in [6, 6.07) is 11.7. The Labute approximate surface area is 118 Å². The molecule has 0 spiro atoms. The van der Waals surface area contributed by atoms with Crippen LogP contribution in [0.5, 0.6) is 5.75 Å². The van der Waals surface area contributed by atoms with Crippen molar-refractivity contribution in [3.8, 4) is 16.9 Å². The molecule has 18 heavy (non-hydrogen) atoms. The van der Waals surface area contributed by atoms with Crippen LogP contribution in [0, 0.1) is 0 Å². The van der Waals surface area contributed by atoms with Crippen LogP contribution >= 0.6 is 34.5 Å². The van der Waals surface area contributed by atoms with Gasteiger partial charge in [-0.15, -0.1) is 11.3 Å². The van der Waals surface area contributed by atoms with E-state index in [4.69, 9.17) is 23.2 Å². The van der Waals surface area contributed by atoms with Gasteiger partial charge in [0.25, 0.3) is 0 Å². The van der Waals surface area contributed by atoms with Crippen LogP contribution in [0.2, 0.25) is 10.0 Å². The van der Waals surface area contributed by atoms with Gasteiger partial charge in [0.2, 0.25) is 0 Å². The summed E-state index contributed by atoms with van der Waals surface area (Å²) in [5.74, 6) is 0.0183. The molecule has 0 aliphatic rings. The van der Waals surface area contributed by atoms with Crippen LogP contribution in [0.3, 0.4) is 0 Å². The van der Waals surface area contributed by atoms with Crippen molar-refractivity contribution < 1.29 is 5.11 Å². The molecule has 1 aromatic heterocycles. The van der Waals surface area contributed by atoms with Crippen molar-refractivity contribution in [1.82, 2.24) is 0 Å². The third-order valence-corrected chi connectivity index (χ3v) is 4.79. The lowest BCUT2D eigenvalue weighted by Gasteiger charge is -2.03. The van der Waals surface area contributed by atoms with Crippen LogP contribution < -0.4 is 0 Å². The van der Waals surface area contributed by atoms with Gasteiger partial charge in [0.15, 0.2) is 0 Å². The first kappa shape index (κ1) is 11.8. The third kappa shape index (κ3) is 1.77. The Morgan fingerprint density at radius 3 is 2.44 bits per heavy atom. The molecule has 3 rings (SSSR count). The van der Waals surface area contributed by atoms with E-state index in [-0.39, 0.29) is 10.8 Å². The van der Waals surface area contributed by atoms with Gasteiger partial charge in [-0.05, 0) is 17.0 Å².